The minimum atomic E-state index is -0.0711. The Kier molecular flexibility index (Phi) is 4.12. The molecule has 1 unspecified atom stereocenters. The fraction of sp³-hybridized carbons (Fsp3) is 0.562. The van der Waals surface area contributed by atoms with Crippen molar-refractivity contribution < 1.29 is 9.53 Å². The molecule has 5 heteroatoms. The van der Waals surface area contributed by atoms with Gasteiger partial charge in [0.15, 0.2) is 0 Å². The summed E-state index contributed by atoms with van der Waals surface area (Å²) in [6.07, 6.45) is 0.991. The second-order valence-electron chi connectivity index (χ2n) is 5.96. The number of carbonyl (C=O) groups excluding carboxylic acids is 1. The Labute approximate surface area is 125 Å². The summed E-state index contributed by atoms with van der Waals surface area (Å²) in [6.45, 7) is 4.17. The number of hydrogen-bond acceptors (Lipinski definition) is 4. The van der Waals surface area contributed by atoms with Crippen LogP contribution < -0.4 is 10.1 Å². The molecule has 21 heavy (non-hydrogen) atoms. The zero-order valence-corrected chi connectivity index (χ0v) is 12.8. The first kappa shape index (κ1) is 14.4. The van der Waals surface area contributed by atoms with E-state index >= 15 is 0 Å². The van der Waals surface area contributed by atoms with Gasteiger partial charge >= 0.3 is 0 Å². The van der Waals surface area contributed by atoms with E-state index in [0.29, 0.717) is 0 Å². The van der Waals surface area contributed by atoms with E-state index in [1.807, 2.05) is 14.1 Å². The summed E-state index contributed by atoms with van der Waals surface area (Å²) in [7, 11) is 3.64. The van der Waals surface area contributed by atoms with Crippen LogP contribution in [0.4, 0.5) is 0 Å². The summed E-state index contributed by atoms with van der Waals surface area (Å²) in [5.41, 5.74) is 2.55. The van der Waals surface area contributed by atoms with Crippen molar-refractivity contribution in [3.8, 4) is 5.75 Å². The van der Waals surface area contributed by atoms with Crippen molar-refractivity contribution in [2.75, 3.05) is 40.3 Å². The van der Waals surface area contributed by atoms with Crippen molar-refractivity contribution in [2.24, 2.45) is 0 Å². The number of benzene rings is 1. The van der Waals surface area contributed by atoms with Gasteiger partial charge in [-0.3, -0.25) is 9.69 Å². The lowest BCUT2D eigenvalue weighted by atomic mass is 10.1. The third-order valence-electron chi connectivity index (χ3n) is 4.22. The van der Waals surface area contributed by atoms with Crippen molar-refractivity contribution in [3.05, 3.63) is 29.3 Å². The van der Waals surface area contributed by atoms with Crippen molar-refractivity contribution in [1.29, 1.82) is 0 Å². The molecule has 0 saturated carbocycles. The number of amides is 1. The lowest BCUT2D eigenvalue weighted by molar-refractivity contribution is -0.135. The average Bonchev–Trinajstić information content (AvgIpc) is 2.94. The maximum atomic E-state index is 12.3. The van der Waals surface area contributed by atoms with Crippen LogP contribution in [0.3, 0.4) is 0 Å². The molecule has 2 aliphatic rings. The lowest BCUT2D eigenvalue weighted by Gasteiger charge is -2.36. The number of piperazine rings is 1. The number of ether oxygens (including phenoxy) is 1. The molecule has 5 nitrogen and oxygen atoms in total. The first-order valence-electron chi connectivity index (χ1n) is 7.55. The smallest absolute Gasteiger partial charge is 0.240 e. The Morgan fingerprint density at radius 3 is 3.14 bits per heavy atom. The van der Waals surface area contributed by atoms with Gasteiger partial charge in [-0.05, 0) is 17.2 Å². The second-order valence-corrected chi connectivity index (χ2v) is 5.96. The molecule has 2 heterocycles. The van der Waals surface area contributed by atoms with Crippen LogP contribution in [0.5, 0.6) is 5.75 Å². The Balaban J connectivity index is 1.74. The van der Waals surface area contributed by atoms with E-state index in [1.54, 1.807) is 4.90 Å². The van der Waals surface area contributed by atoms with Gasteiger partial charge in [-0.15, -0.1) is 0 Å². The number of nitrogens with zero attached hydrogens (tertiary/aromatic N) is 2. The highest BCUT2D eigenvalue weighted by Crippen LogP contribution is 2.26. The molecule has 0 radical (unpaired) electrons. The van der Waals surface area contributed by atoms with E-state index in [0.717, 1.165) is 45.0 Å². The molecular weight excluding hydrogens is 266 g/mol. The molecule has 0 bridgehead atoms. The van der Waals surface area contributed by atoms with Gasteiger partial charge < -0.3 is 15.0 Å². The van der Waals surface area contributed by atoms with Crippen LogP contribution in [-0.2, 0) is 17.8 Å². The number of fused-ring (bicyclic) bond motifs is 1. The molecule has 2 aliphatic heterocycles. The Morgan fingerprint density at radius 2 is 2.33 bits per heavy atom. The van der Waals surface area contributed by atoms with E-state index in [-0.39, 0.29) is 11.9 Å². The quantitative estimate of drug-likeness (QED) is 0.879. The van der Waals surface area contributed by atoms with Crippen LogP contribution in [-0.4, -0.2) is 62.1 Å². The molecule has 0 aromatic heterocycles. The SMILES string of the molecule is CN(C)C(=O)C1CNCCN1Cc1ccc2c(c1)CCO2. The second kappa shape index (κ2) is 6.03. The summed E-state index contributed by atoms with van der Waals surface area (Å²) in [6, 6.07) is 6.33. The lowest BCUT2D eigenvalue weighted by Crippen LogP contribution is -2.57. The standard InChI is InChI=1S/C16H23N3O2/c1-18(2)16(20)14-10-17-6-7-19(14)11-12-3-4-15-13(9-12)5-8-21-15/h3-4,9,14,17H,5-8,10-11H2,1-2H3. The van der Waals surface area contributed by atoms with Crippen molar-refractivity contribution in [2.45, 2.75) is 19.0 Å². The number of nitrogens with one attached hydrogen (secondary N) is 1. The van der Waals surface area contributed by atoms with Crippen LogP contribution in [0, 0.1) is 0 Å². The largest absolute Gasteiger partial charge is 0.493 e. The predicted molar refractivity (Wildman–Crippen MR) is 81.4 cm³/mol. The van der Waals surface area contributed by atoms with E-state index in [1.165, 1.54) is 11.1 Å². The van der Waals surface area contributed by atoms with E-state index < -0.39 is 0 Å². The normalized spacial score (nSPS) is 21.7. The van der Waals surface area contributed by atoms with Crippen LogP contribution in [0.15, 0.2) is 18.2 Å². The molecule has 3 rings (SSSR count). The summed E-state index contributed by atoms with van der Waals surface area (Å²) < 4.78 is 5.55. The Hall–Kier alpha value is -1.59. The van der Waals surface area contributed by atoms with Crippen molar-refractivity contribution in [3.63, 3.8) is 0 Å². The first-order chi connectivity index (χ1) is 10.1. The number of likely N-dealkylation sites (N-methyl/N-ethyl adjacent to an activating group) is 1. The third-order valence-corrected chi connectivity index (χ3v) is 4.22. The first-order valence-corrected chi connectivity index (χ1v) is 7.55. The highest BCUT2D eigenvalue weighted by molar-refractivity contribution is 5.81. The molecule has 1 atom stereocenters. The molecular formula is C16H23N3O2. The fourth-order valence-corrected chi connectivity index (χ4v) is 3.05. The maximum absolute atomic E-state index is 12.3. The molecule has 1 saturated heterocycles. The third kappa shape index (κ3) is 3.04. The van der Waals surface area contributed by atoms with Crippen molar-refractivity contribution in [1.82, 2.24) is 15.1 Å². The highest BCUT2D eigenvalue weighted by atomic mass is 16.5. The molecule has 1 amide bonds. The fourth-order valence-electron chi connectivity index (χ4n) is 3.05. The predicted octanol–water partition coefficient (Wildman–Crippen LogP) is 0.484. The van der Waals surface area contributed by atoms with Crippen LogP contribution in [0.2, 0.25) is 0 Å². The van der Waals surface area contributed by atoms with E-state index in [2.05, 4.69) is 28.4 Å². The zero-order chi connectivity index (χ0) is 14.8. The molecule has 1 aromatic rings. The Morgan fingerprint density at radius 1 is 1.48 bits per heavy atom. The molecule has 114 valence electrons. The summed E-state index contributed by atoms with van der Waals surface area (Å²) in [5, 5.41) is 3.32. The average molecular weight is 289 g/mol. The van der Waals surface area contributed by atoms with Crippen molar-refractivity contribution >= 4 is 5.91 Å². The summed E-state index contributed by atoms with van der Waals surface area (Å²) >= 11 is 0. The van der Waals surface area contributed by atoms with Gasteiger partial charge in [-0.2, -0.15) is 0 Å². The van der Waals surface area contributed by atoms with Gasteiger partial charge in [0.25, 0.3) is 0 Å². The zero-order valence-electron chi connectivity index (χ0n) is 12.8. The number of carbonyl (C=O) groups is 1. The number of rotatable bonds is 3. The summed E-state index contributed by atoms with van der Waals surface area (Å²) in [4.78, 5) is 16.3. The molecule has 1 aromatic carbocycles. The molecule has 0 aliphatic carbocycles. The molecule has 1 fully saturated rings. The molecule has 0 spiro atoms. The van der Waals surface area contributed by atoms with Gasteiger partial charge in [0.05, 0.1) is 6.61 Å². The van der Waals surface area contributed by atoms with Gasteiger partial charge in [0.2, 0.25) is 5.91 Å². The van der Waals surface area contributed by atoms with Crippen LogP contribution in [0.1, 0.15) is 11.1 Å². The topological polar surface area (TPSA) is 44.8 Å². The maximum Gasteiger partial charge on any atom is 0.240 e. The highest BCUT2D eigenvalue weighted by Gasteiger charge is 2.29. The van der Waals surface area contributed by atoms with E-state index in [9.17, 15) is 4.79 Å². The Bertz CT molecular complexity index is 530. The molecule has 1 N–H and O–H groups in total. The minimum Gasteiger partial charge on any atom is -0.493 e. The van der Waals surface area contributed by atoms with Crippen LogP contribution in [0.25, 0.3) is 0 Å². The van der Waals surface area contributed by atoms with E-state index in [4.69, 9.17) is 4.74 Å². The monoisotopic (exact) mass is 289 g/mol. The van der Waals surface area contributed by atoms with Gasteiger partial charge in [-0.25, -0.2) is 0 Å². The van der Waals surface area contributed by atoms with Gasteiger partial charge in [-0.1, -0.05) is 12.1 Å². The van der Waals surface area contributed by atoms with Gasteiger partial charge in [0.1, 0.15) is 11.8 Å². The van der Waals surface area contributed by atoms with Crippen LogP contribution >= 0.6 is 0 Å². The van der Waals surface area contributed by atoms with Gasteiger partial charge in [0, 0.05) is 46.7 Å². The minimum absolute atomic E-state index is 0.0711. The summed E-state index contributed by atoms with van der Waals surface area (Å²) in [5.74, 6) is 1.19. The number of hydrogen-bond donors (Lipinski definition) is 1.